The molecule has 2 aliphatic heterocycles. The number of carbonyl (C=O) groups is 1. The number of nitrogens with zero attached hydrogens (tertiary/aromatic N) is 6. The molecule has 0 radical (unpaired) electrons. The Hall–Kier alpha value is -3.69. The van der Waals surface area contributed by atoms with Gasteiger partial charge in [-0.1, -0.05) is 36.0 Å². The van der Waals surface area contributed by atoms with Crippen molar-refractivity contribution >= 4 is 34.7 Å². The average Bonchev–Trinajstić information content (AvgIpc) is 3.42. The molecule has 1 amide bonds. The van der Waals surface area contributed by atoms with Gasteiger partial charge in [-0.15, -0.1) is 10.2 Å². The van der Waals surface area contributed by atoms with Crippen LogP contribution in [0.15, 0.2) is 82.6 Å². The number of amides is 1. The van der Waals surface area contributed by atoms with E-state index in [9.17, 15) is 4.79 Å². The van der Waals surface area contributed by atoms with Crippen LogP contribution >= 0.6 is 11.8 Å². The predicted octanol–water partition coefficient (Wildman–Crippen LogP) is 4.57. The number of hydrogen-bond acceptors (Lipinski definition) is 7. The van der Waals surface area contributed by atoms with Gasteiger partial charge in [0.05, 0.1) is 24.6 Å². The van der Waals surface area contributed by atoms with Crippen molar-refractivity contribution in [1.82, 2.24) is 20.2 Å². The number of tetrazole rings is 1. The minimum absolute atomic E-state index is 0.114. The molecule has 0 saturated carbocycles. The first-order chi connectivity index (χ1) is 17.2. The molecule has 0 N–H and O–H groups in total. The molecule has 2 aliphatic rings. The van der Waals surface area contributed by atoms with Crippen LogP contribution in [0.2, 0.25) is 0 Å². The Morgan fingerprint density at radius 1 is 0.914 bits per heavy atom. The number of fused-ring (bicyclic) bond motifs is 2. The van der Waals surface area contributed by atoms with Crippen LogP contribution in [-0.2, 0) is 9.53 Å². The molecule has 1 saturated heterocycles. The van der Waals surface area contributed by atoms with Gasteiger partial charge in [0, 0.05) is 34.1 Å². The molecule has 0 spiro atoms. The van der Waals surface area contributed by atoms with Crippen LogP contribution in [0.25, 0.3) is 11.4 Å². The molecular formula is C26H24N6O2S. The Bertz CT molecular complexity index is 1320. The van der Waals surface area contributed by atoms with Crippen molar-refractivity contribution in [2.75, 3.05) is 36.1 Å². The van der Waals surface area contributed by atoms with Gasteiger partial charge in [0.2, 0.25) is 5.82 Å². The van der Waals surface area contributed by atoms with Gasteiger partial charge in [0.25, 0.3) is 5.91 Å². The van der Waals surface area contributed by atoms with Gasteiger partial charge < -0.3 is 9.64 Å². The second-order valence-corrected chi connectivity index (χ2v) is 9.55. The minimum atomic E-state index is -0.631. The molecule has 6 rings (SSSR count). The molecule has 3 aromatic carbocycles. The SMILES string of the molecule is C[C@H](C(=O)N1c2ccccc2Sc2ccccc21)n1nnc(-c2ccc(N3CCOCC3)cc2)n1. The second kappa shape index (κ2) is 9.16. The Balaban J connectivity index is 1.26. The highest BCUT2D eigenvalue weighted by molar-refractivity contribution is 7.99. The highest BCUT2D eigenvalue weighted by Crippen LogP contribution is 2.48. The summed E-state index contributed by atoms with van der Waals surface area (Å²) >= 11 is 1.67. The molecule has 0 unspecified atom stereocenters. The van der Waals surface area contributed by atoms with Crippen molar-refractivity contribution in [2.45, 2.75) is 22.8 Å². The van der Waals surface area contributed by atoms with E-state index >= 15 is 0 Å². The molecule has 8 nitrogen and oxygen atoms in total. The van der Waals surface area contributed by atoms with Gasteiger partial charge in [0.1, 0.15) is 6.04 Å². The second-order valence-electron chi connectivity index (χ2n) is 8.47. The number of rotatable bonds is 4. The van der Waals surface area contributed by atoms with Gasteiger partial charge in [-0.2, -0.15) is 4.80 Å². The van der Waals surface area contributed by atoms with Crippen LogP contribution in [0.5, 0.6) is 0 Å². The molecule has 35 heavy (non-hydrogen) atoms. The van der Waals surface area contributed by atoms with Crippen molar-refractivity contribution in [1.29, 1.82) is 0 Å². The lowest BCUT2D eigenvalue weighted by molar-refractivity contribution is -0.121. The number of aromatic nitrogens is 4. The molecule has 0 aliphatic carbocycles. The molecule has 3 heterocycles. The summed E-state index contributed by atoms with van der Waals surface area (Å²) in [4.78, 5) is 21.3. The summed E-state index contributed by atoms with van der Waals surface area (Å²) in [5, 5.41) is 13.0. The van der Waals surface area contributed by atoms with Crippen molar-refractivity contribution < 1.29 is 9.53 Å². The normalized spacial score (nSPS) is 15.9. The maximum Gasteiger partial charge on any atom is 0.258 e. The predicted molar refractivity (Wildman–Crippen MR) is 135 cm³/mol. The highest BCUT2D eigenvalue weighted by Gasteiger charge is 2.32. The van der Waals surface area contributed by atoms with Crippen molar-refractivity contribution in [2.24, 2.45) is 0 Å². The van der Waals surface area contributed by atoms with E-state index in [1.54, 1.807) is 16.7 Å². The number of hydrogen-bond donors (Lipinski definition) is 0. The third kappa shape index (κ3) is 4.06. The van der Waals surface area contributed by atoms with Gasteiger partial charge in [0.15, 0.2) is 0 Å². The molecule has 1 aromatic heterocycles. The monoisotopic (exact) mass is 484 g/mol. The zero-order valence-corrected chi connectivity index (χ0v) is 20.1. The van der Waals surface area contributed by atoms with Crippen molar-refractivity contribution in [3.63, 3.8) is 0 Å². The summed E-state index contributed by atoms with van der Waals surface area (Å²) in [6.07, 6.45) is 0. The van der Waals surface area contributed by atoms with Crippen molar-refractivity contribution in [3.05, 3.63) is 72.8 Å². The lowest BCUT2D eigenvalue weighted by atomic mass is 10.2. The van der Waals surface area contributed by atoms with E-state index in [-0.39, 0.29) is 5.91 Å². The van der Waals surface area contributed by atoms with E-state index in [1.165, 1.54) is 4.80 Å². The van der Waals surface area contributed by atoms with E-state index in [4.69, 9.17) is 4.74 Å². The number of morpholine rings is 1. The largest absolute Gasteiger partial charge is 0.378 e. The van der Waals surface area contributed by atoms with E-state index in [2.05, 4.69) is 32.4 Å². The average molecular weight is 485 g/mol. The lowest BCUT2D eigenvalue weighted by Gasteiger charge is -2.32. The van der Waals surface area contributed by atoms with Crippen LogP contribution in [0.3, 0.4) is 0 Å². The van der Waals surface area contributed by atoms with E-state index in [0.29, 0.717) is 5.82 Å². The number of anilines is 3. The van der Waals surface area contributed by atoms with Crippen LogP contribution in [0.1, 0.15) is 13.0 Å². The van der Waals surface area contributed by atoms with Gasteiger partial charge in [-0.25, -0.2) is 0 Å². The molecular weight excluding hydrogens is 460 g/mol. The van der Waals surface area contributed by atoms with Crippen molar-refractivity contribution in [3.8, 4) is 11.4 Å². The summed E-state index contributed by atoms with van der Waals surface area (Å²) in [7, 11) is 0. The van der Waals surface area contributed by atoms with Crippen LogP contribution in [0.4, 0.5) is 17.1 Å². The fourth-order valence-electron chi connectivity index (χ4n) is 4.38. The molecule has 1 atom stereocenters. The quantitative estimate of drug-likeness (QED) is 0.420. The first-order valence-corrected chi connectivity index (χ1v) is 12.4. The first-order valence-electron chi connectivity index (χ1n) is 11.6. The summed E-state index contributed by atoms with van der Waals surface area (Å²) in [5.74, 6) is 0.380. The Kier molecular flexibility index (Phi) is 5.71. The fraction of sp³-hybridized carbons (Fsp3) is 0.231. The molecule has 4 aromatic rings. The van der Waals surface area contributed by atoms with E-state index in [1.807, 2.05) is 67.6 Å². The van der Waals surface area contributed by atoms with Gasteiger partial charge >= 0.3 is 0 Å². The third-order valence-corrected chi connectivity index (χ3v) is 7.42. The number of para-hydroxylation sites is 2. The van der Waals surface area contributed by atoms with Crippen LogP contribution < -0.4 is 9.80 Å². The summed E-state index contributed by atoms with van der Waals surface area (Å²) < 4.78 is 5.44. The summed E-state index contributed by atoms with van der Waals surface area (Å²) in [6, 6.07) is 23.4. The Morgan fingerprint density at radius 2 is 1.54 bits per heavy atom. The number of benzene rings is 3. The smallest absolute Gasteiger partial charge is 0.258 e. The molecule has 0 bridgehead atoms. The highest BCUT2D eigenvalue weighted by atomic mass is 32.2. The zero-order valence-electron chi connectivity index (χ0n) is 19.2. The lowest BCUT2D eigenvalue weighted by Crippen LogP contribution is -2.36. The first kappa shape index (κ1) is 21.8. The number of carbonyl (C=O) groups excluding carboxylic acids is 1. The van der Waals surface area contributed by atoms with E-state index < -0.39 is 6.04 Å². The van der Waals surface area contributed by atoms with Gasteiger partial charge in [-0.05, 0) is 60.7 Å². The van der Waals surface area contributed by atoms with Crippen LogP contribution in [0, 0.1) is 0 Å². The molecule has 9 heteroatoms. The molecule has 1 fully saturated rings. The topological polar surface area (TPSA) is 76.4 Å². The van der Waals surface area contributed by atoms with Crippen LogP contribution in [-0.4, -0.2) is 52.4 Å². The molecule has 176 valence electrons. The minimum Gasteiger partial charge on any atom is -0.378 e. The zero-order chi connectivity index (χ0) is 23.8. The Labute approximate surface area is 207 Å². The van der Waals surface area contributed by atoms with E-state index in [0.717, 1.165) is 58.7 Å². The maximum atomic E-state index is 13.8. The standard InChI is InChI=1S/C26H24N6O2S/c1-18(26(33)31-21-6-2-4-8-23(21)35-24-9-5-3-7-22(24)31)32-28-25(27-29-32)19-10-12-20(13-11-19)30-14-16-34-17-15-30/h2-13,18H,14-17H2,1H3/t18-/m1/s1. The summed E-state index contributed by atoms with van der Waals surface area (Å²) in [6.45, 7) is 5.06. The fourth-order valence-corrected chi connectivity index (χ4v) is 5.43. The van der Waals surface area contributed by atoms with Gasteiger partial charge in [-0.3, -0.25) is 9.69 Å². The number of ether oxygens (including phenoxy) is 1. The Morgan fingerprint density at radius 3 is 2.20 bits per heavy atom. The third-order valence-electron chi connectivity index (χ3n) is 6.29. The summed E-state index contributed by atoms with van der Waals surface area (Å²) in [5.41, 5.74) is 3.74. The maximum absolute atomic E-state index is 13.8.